The van der Waals surface area contributed by atoms with Gasteiger partial charge < -0.3 is 4.74 Å². The van der Waals surface area contributed by atoms with E-state index in [0.717, 1.165) is 29.6 Å². The Morgan fingerprint density at radius 2 is 1.52 bits per heavy atom. The van der Waals surface area contributed by atoms with Crippen molar-refractivity contribution in [3.8, 4) is 5.75 Å². The minimum Gasteiger partial charge on any atom is -0.489 e. The lowest BCUT2D eigenvalue weighted by molar-refractivity contribution is 0.156. The van der Waals surface area contributed by atoms with Gasteiger partial charge in [-0.25, -0.2) is 8.78 Å². The van der Waals surface area contributed by atoms with Crippen LogP contribution >= 0.6 is 0 Å². The van der Waals surface area contributed by atoms with Gasteiger partial charge in [-0.2, -0.15) is 0 Å². The highest BCUT2D eigenvalue weighted by atomic mass is 19.2. The van der Waals surface area contributed by atoms with Crippen molar-refractivity contribution in [3.05, 3.63) is 65.2 Å². The molecule has 168 valence electrons. The van der Waals surface area contributed by atoms with E-state index < -0.39 is 11.6 Å². The van der Waals surface area contributed by atoms with E-state index in [4.69, 9.17) is 4.74 Å². The van der Waals surface area contributed by atoms with Gasteiger partial charge in [0.15, 0.2) is 11.6 Å². The summed E-state index contributed by atoms with van der Waals surface area (Å²) in [5.74, 6) is 2.64. The highest BCUT2D eigenvalue weighted by Gasteiger charge is 2.31. The molecule has 0 saturated heterocycles. The average Bonchev–Trinajstić information content (AvgIpc) is 2.81. The zero-order valence-electron chi connectivity index (χ0n) is 18.8. The Morgan fingerprint density at radius 3 is 2.19 bits per heavy atom. The quantitative estimate of drug-likeness (QED) is 0.432. The molecule has 0 aromatic heterocycles. The summed E-state index contributed by atoms with van der Waals surface area (Å²) in [6, 6.07) is 12.3. The normalized spacial score (nSPS) is 26.5. The third kappa shape index (κ3) is 5.87. The van der Waals surface area contributed by atoms with E-state index in [1.807, 2.05) is 6.07 Å². The van der Waals surface area contributed by atoms with Gasteiger partial charge in [0.1, 0.15) is 12.4 Å². The van der Waals surface area contributed by atoms with Gasteiger partial charge >= 0.3 is 0 Å². The molecule has 0 N–H and O–H groups in total. The Bertz CT molecular complexity index is 833. The molecule has 0 radical (unpaired) electrons. The lowest BCUT2D eigenvalue weighted by Crippen LogP contribution is -2.25. The van der Waals surface area contributed by atoms with Crippen LogP contribution in [0.2, 0.25) is 0 Å². The maximum Gasteiger partial charge on any atom is 0.159 e. The lowest BCUT2D eigenvalue weighted by Gasteiger charge is -2.38. The van der Waals surface area contributed by atoms with Crippen molar-refractivity contribution in [1.82, 2.24) is 0 Å². The Kier molecular flexibility index (Phi) is 7.63. The molecule has 2 fully saturated rings. The van der Waals surface area contributed by atoms with Crippen LogP contribution < -0.4 is 4.74 Å². The summed E-state index contributed by atoms with van der Waals surface area (Å²) in [6.07, 6.45) is 13.8. The van der Waals surface area contributed by atoms with Crippen LogP contribution in [-0.4, -0.2) is 0 Å². The second-order valence-corrected chi connectivity index (χ2v) is 9.79. The maximum absolute atomic E-state index is 13.4. The molecule has 3 heteroatoms. The molecule has 0 amide bonds. The van der Waals surface area contributed by atoms with Crippen LogP contribution in [0.15, 0.2) is 42.5 Å². The van der Waals surface area contributed by atoms with Crippen LogP contribution in [0.3, 0.4) is 0 Å². The summed E-state index contributed by atoms with van der Waals surface area (Å²) in [5, 5.41) is 0. The van der Waals surface area contributed by atoms with E-state index in [-0.39, 0.29) is 6.61 Å². The molecule has 1 nitrogen and oxygen atoms in total. The molecular weight excluding hydrogens is 390 g/mol. The van der Waals surface area contributed by atoms with E-state index in [9.17, 15) is 8.78 Å². The fourth-order valence-electron chi connectivity index (χ4n) is 5.93. The fourth-order valence-corrected chi connectivity index (χ4v) is 5.93. The summed E-state index contributed by atoms with van der Waals surface area (Å²) < 4.78 is 32.4. The van der Waals surface area contributed by atoms with E-state index >= 15 is 0 Å². The molecule has 2 aromatic rings. The molecule has 0 atom stereocenters. The van der Waals surface area contributed by atoms with Gasteiger partial charge in [-0.3, -0.25) is 0 Å². The summed E-state index contributed by atoms with van der Waals surface area (Å²) in [6.45, 7) is 2.56. The zero-order valence-corrected chi connectivity index (χ0v) is 18.8. The molecule has 2 saturated carbocycles. The Morgan fingerprint density at radius 1 is 0.806 bits per heavy atom. The minimum absolute atomic E-state index is 0.244. The third-order valence-electron chi connectivity index (χ3n) is 7.75. The number of hydrogen-bond donors (Lipinski definition) is 0. The van der Waals surface area contributed by atoms with E-state index in [1.165, 1.54) is 75.8 Å². The topological polar surface area (TPSA) is 9.23 Å². The van der Waals surface area contributed by atoms with Crippen molar-refractivity contribution in [2.75, 3.05) is 0 Å². The largest absolute Gasteiger partial charge is 0.489 e. The second kappa shape index (κ2) is 10.6. The van der Waals surface area contributed by atoms with Gasteiger partial charge in [-0.1, -0.05) is 50.8 Å². The van der Waals surface area contributed by atoms with Gasteiger partial charge in [0, 0.05) is 0 Å². The molecule has 0 unspecified atom stereocenters. The van der Waals surface area contributed by atoms with E-state index in [0.29, 0.717) is 11.5 Å². The molecule has 0 heterocycles. The SMILES string of the molecule is CCCC1CCC(C2CCC(c3cccc(OCc4ccc(F)c(F)c4)c3)CC2)CC1. The summed E-state index contributed by atoms with van der Waals surface area (Å²) in [5.41, 5.74) is 1.99. The van der Waals surface area contributed by atoms with Crippen LogP contribution in [0.4, 0.5) is 8.78 Å². The van der Waals surface area contributed by atoms with Gasteiger partial charge in [0.25, 0.3) is 0 Å². The Balaban J connectivity index is 1.27. The van der Waals surface area contributed by atoms with Crippen molar-refractivity contribution in [2.24, 2.45) is 17.8 Å². The van der Waals surface area contributed by atoms with Crippen molar-refractivity contribution < 1.29 is 13.5 Å². The summed E-state index contributed by atoms with van der Waals surface area (Å²) in [7, 11) is 0. The second-order valence-electron chi connectivity index (χ2n) is 9.79. The first-order valence-electron chi connectivity index (χ1n) is 12.3. The van der Waals surface area contributed by atoms with Gasteiger partial charge in [-0.05, 0) is 97.6 Å². The Hall–Kier alpha value is -1.90. The molecule has 4 rings (SSSR count). The van der Waals surface area contributed by atoms with Crippen LogP contribution in [0.25, 0.3) is 0 Å². The lowest BCUT2D eigenvalue weighted by atomic mass is 9.68. The first-order chi connectivity index (χ1) is 15.1. The van der Waals surface area contributed by atoms with Crippen molar-refractivity contribution >= 4 is 0 Å². The van der Waals surface area contributed by atoms with Gasteiger partial charge in [0.05, 0.1) is 0 Å². The molecule has 0 bridgehead atoms. The van der Waals surface area contributed by atoms with Crippen LogP contribution in [0.1, 0.15) is 88.2 Å². The van der Waals surface area contributed by atoms with Crippen molar-refractivity contribution in [2.45, 2.75) is 83.7 Å². The minimum atomic E-state index is -0.828. The molecule has 0 aliphatic heterocycles. The van der Waals surface area contributed by atoms with Crippen LogP contribution in [-0.2, 0) is 6.61 Å². The first-order valence-corrected chi connectivity index (χ1v) is 12.3. The highest BCUT2D eigenvalue weighted by molar-refractivity contribution is 5.31. The number of benzene rings is 2. The van der Waals surface area contributed by atoms with E-state index in [2.05, 4.69) is 25.1 Å². The molecule has 2 aliphatic rings. The molecule has 0 spiro atoms. The fraction of sp³-hybridized carbons (Fsp3) is 0.571. The third-order valence-corrected chi connectivity index (χ3v) is 7.75. The van der Waals surface area contributed by atoms with Gasteiger partial charge in [-0.15, -0.1) is 0 Å². The summed E-state index contributed by atoms with van der Waals surface area (Å²) >= 11 is 0. The zero-order chi connectivity index (χ0) is 21.6. The summed E-state index contributed by atoms with van der Waals surface area (Å²) in [4.78, 5) is 0. The number of halogens is 2. The highest BCUT2D eigenvalue weighted by Crippen LogP contribution is 2.44. The van der Waals surface area contributed by atoms with Crippen LogP contribution in [0.5, 0.6) is 5.75 Å². The Labute approximate surface area is 186 Å². The standard InChI is InChI=1S/C28H36F2O/c1-2-4-20-7-10-22(11-8-20)23-12-14-24(15-13-23)25-5-3-6-26(18-25)31-19-21-9-16-27(29)28(30)17-21/h3,5-6,9,16-18,20,22-24H,2,4,7-8,10-15,19H2,1H3. The first kappa shape index (κ1) is 22.3. The number of rotatable bonds is 7. The van der Waals surface area contributed by atoms with Crippen molar-refractivity contribution in [1.29, 1.82) is 0 Å². The number of ether oxygens (including phenoxy) is 1. The monoisotopic (exact) mass is 426 g/mol. The molecule has 31 heavy (non-hydrogen) atoms. The smallest absolute Gasteiger partial charge is 0.159 e. The van der Waals surface area contributed by atoms with Crippen LogP contribution in [0, 0.1) is 29.4 Å². The van der Waals surface area contributed by atoms with E-state index in [1.54, 1.807) is 6.07 Å². The maximum atomic E-state index is 13.4. The molecule has 2 aliphatic carbocycles. The predicted molar refractivity (Wildman–Crippen MR) is 122 cm³/mol. The molecule has 2 aromatic carbocycles. The van der Waals surface area contributed by atoms with Gasteiger partial charge in [0.2, 0.25) is 0 Å². The molecular formula is C28H36F2O. The predicted octanol–water partition coefficient (Wildman–Crippen LogP) is 8.42. The number of hydrogen-bond acceptors (Lipinski definition) is 1. The van der Waals surface area contributed by atoms with Crippen molar-refractivity contribution in [3.63, 3.8) is 0 Å². The average molecular weight is 427 g/mol.